The molecule has 2 N–H and O–H groups in total. The van der Waals surface area contributed by atoms with Gasteiger partial charge in [-0.2, -0.15) is 0 Å². The first kappa shape index (κ1) is 22.3. The number of benzene rings is 2. The molecule has 2 aromatic carbocycles. The number of carbonyl (C=O) groups excluding carboxylic acids is 1. The lowest BCUT2D eigenvalue weighted by Gasteiger charge is -2.12. The van der Waals surface area contributed by atoms with Gasteiger partial charge in [0.25, 0.3) is 15.9 Å². The lowest BCUT2D eigenvalue weighted by molar-refractivity contribution is 0.102. The molecule has 7 nitrogen and oxygen atoms in total. The minimum Gasteiger partial charge on any atom is -0.296 e. The van der Waals surface area contributed by atoms with Crippen molar-refractivity contribution in [3.8, 4) is 0 Å². The van der Waals surface area contributed by atoms with E-state index in [9.17, 15) is 13.2 Å². The molecule has 0 aliphatic carbocycles. The Bertz CT molecular complexity index is 1160. The van der Waals surface area contributed by atoms with Crippen LogP contribution in [0.15, 0.2) is 51.7 Å². The second-order valence-electron chi connectivity index (χ2n) is 6.95. The van der Waals surface area contributed by atoms with Crippen molar-refractivity contribution < 1.29 is 13.2 Å². The van der Waals surface area contributed by atoms with E-state index in [2.05, 4.69) is 20.2 Å². The molecule has 0 unspecified atom stereocenters. The van der Waals surface area contributed by atoms with E-state index in [1.165, 1.54) is 17.4 Å². The molecule has 1 heterocycles. The largest absolute Gasteiger partial charge is 0.296 e. The van der Waals surface area contributed by atoms with Crippen molar-refractivity contribution in [2.75, 3.05) is 10.0 Å². The predicted octanol–water partition coefficient (Wildman–Crippen LogP) is 4.71. The zero-order chi connectivity index (χ0) is 21.9. The van der Waals surface area contributed by atoms with Crippen LogP contribution in [0.1, 0.15) is 35.3 Å². The molecule has 0 bridgehead atoms. The SMILES string of the molecule is Cc1ccc(NS(=O)(=O)c2cc(C(=O)Nc3nnc(SC(C)C)s3)ccc2C)cc1. The van der Waals surface area contributed by atoms with Crippen molar-refractivity contribution in [1.29, 1.82) is 0 Å². The minimum absolute atomic E-state index is 0.0454. The van der Waals surface area contributed by atoms with Crippen molar-refractivity contribution in [3.05, 3.63) is 59.2 Å². The molecule has 1 aromatic heterocycles. The summed E-state index contributed by atoms with van der Waals surface area (Å²) < 4.78 is 29.1. The third-order valence-corrected chi connectivity index (χ3v) is 7.46. The Labute approximate surface area is 184 Å². The van der Waals surface area contributed by atoms with E-state index in [4.69, 9.17) is 0 Å². The van der Waals surface area contributed by atoms with E-state index < -0.39 is 15.9 Å². The smallest absolute Gasteiger partial charge is 0.262 e. The van der Waals surface area contributed by atoms with Gasteiger partial charge in [-0.15, -0.1) is 10.2 Å². The highest BCUT2D eigenvalue weighted by Gasteiger charge is 2.20. The van der Waals surface area contributed by atoms with Crippen LogP contribution < -0.4 is 10.0 Å². The normalized spacial score (nSPS) is 11.5. The molecule has 0 spiro atoms. The molecule has 158 valence electrons. The molecule has 10 heteroatoms. The summed E-state index contributed by atoms with van der Waals surface area (Å²) >= 11 is 2.84. The summed E-state index contributed by atoms with van der Waals surface area (Å²) in [4.78, 5) is 12.7. The Kier molecular flexibility index (Phi) is 6.79. The standard InChI is InChI=1S/C20H22N4O3S3/c1-12(2)28-20-23-22-19(29-20)21-18(25)15-8-7-14(4)17(11-15)30(26,27)24-16-9-5-13(3)6-10-16/h5-12,24H,1-4H3,(H,21,22,25). The molecule has 0 saturated carbocycles. The molecule has 0 atom stereocenters. The van der Waals surface area contributed by atoms with Gasteiger partial charge >= 0.3 is 0 Å². The first-order valence-electron chi connectivity index (χ1n) is 9.16. The number of amides is 1. The van der Waals surface area contributed by atoms with Gasteiger partial charge in [0, 0.05) is 16.5 Å². The zero-order valence-corrected chi connectivity index (χ0v) is 19.4. The predicted molar refractivity (Wildman–Crippen MR) is 122 cm³/mol. The lowest BCUT2D eigenvalue weighted by Crippen LogP contribution is -2.17. The molecular formula is C20H22N4O3S3. The van der Waals surface area contributed by atoms with Gasteiger partial charge in [-0.1, -0.05) is 60.7 Å². The van der Waals surface area contributed by atoms with Crippen molar-refractivity contribution >= 4 is 49.8 Å². The van der Waals surface area contributed by atoms with E-state index in [0.29, 0.717) is 21.6 Å². The van der Waals surface area contributed by atoms with Gasteiger partial charge < -0.3 is 0 Å². The molecule has 3 aromatic rings. The average molecular weight is 463 g/mol. The number of anilines is 2. The average Bonchev–Trinajstić information content (AvgIpc) is 3.09. The quantitative estimate of drug-likeness (QED) is 0.390. The summed E-state index contributed by atoms with van der Waals surface area (Å²) in [5, 5.41) is 11.4. The Morgan fingerprint density at radius 3 is 2.43 bits per heavy atom. The van der Waals surface area contributed by atoms with Crippen molar-refractivity contribution in [2.24, 2.45) is 0 Å². The number of hydrogen-bond acceptors (Lipinski definition) is 7. The Morgan fingerprint density at radius 2 is 1.77 bits per heavy atom. The van der Waals surface area contributed by atoms with Gasteiger partial charge in [0.1, 0.15) is 0 Å². The lowest BCUT2D eigenvalue weighted by atomic mass is 10.1. The number of hydrogen-bond donors (Lipinski definition) is 2. The second kappa shape index (κ2) is 9.15. The monoisotopic (exact) mass is 462 g/mol. The van der Waals surface area contributed by atoms with Gasteiger partial charge in [0.05, 0.1) is 4.90 Å². The minimum atomic E-state index is -3.85. The Hall–Kier alpha value is -2.43. The molecule has 0 fully saturated rings. The van der Waals surface area contributed by atoms with Crippen LogP contribution in [0.3, 0.4) is 0 Å². The fraction of sp³-hybridized carbons (Fsp3) is 0.250. The highest BCUT2D eigenvalue weighted by Crippen LogP contribution is 2.29. The van der Waals surface area contributed by atoms with E-state index in [0.717, 1.165) is 9.90 Å². The number of carbonyl (C=O) groups is 1. The first-order valence-corrected chi connectivity index (χ1v) is 12.3. The molecule has 1 amide bonds. The number of thioether (sulfide) groups is 1. The van der Waals surface area contributed by atoms with Crippen molar-refractivity contribution in [3.63, 3.8) is 0 Å². The van der Waals surface area contributed by atoms with Crippen LogP contribution in [0.4, 0.5) is 10.8 Å². The number of sulfonamides is 1. The molecule has 30 heavy (non-hydrogen) atoms. The van der Waals surface area contributed by atoms with Crippen molar-refractivity contribution in [2.45, 2.75) is 42.2 Å². The summed E-state index contributed by atoms with van der Waals surface area (Å²) in [6.07, 6.45) is 0. The number of rotatable bonds is 7. The van der Waals surface area contributed by atoms with Crippen LogP contribution in [0.5, 0.6) is 0 Å². The molecule has 3 rings (SSSR count). The highest BCUT2D eigenvalue weighted by atomic mass is 32.2. The van der Waals surface area contributed by atoms with Crippen LogP contribution in [0.25, 0.3) is 0 Å². The van der Waals surface area contributed by atoms with Crippen molar-refractivity contribution in [1.82, 2.24) is 10.2 Å². The van der Waals surface area contributed by atoms with Crippen LogP contribution in [0.2, 0.25) is 0 Å². The number of aromatic nitrogens is 2. The molecular weight excluding hydrogens is 440 g/mol. The van der Waals surface area contributed by atoms with Gasteiger partial charge in [-0.25, -0.2) is 8.42 Å². The summed E-state index contributed by atoms with van der Waals surface area (Å²) in [5.41, 5.74) is 2.24. The van der Waals surface area contributed by atoms with Gasteiger partial charge in [0.2, 0.25) is 5.13 Å². The fourth-order valence-electron chi connectivity index (χ4n) is 2.54. The van der Waals surface area contributed by atoms with Crippen LogP contribution >= 0.6 is 23.1 Å². The highest BCUT2D eigenvalue weighted by molar-refractivity contribution is 8.01. The topological polar surface area (TPSA) is 101 Å². The van der Waals surface area contributed by atoms with Gasteiger partial charge in [0.15, 0.2) is 4.34 Å². The van der Waals surface area contributed by atoms with Crippen LogP contribution in [-0.2, 0) is 10.0 Å². The van der Waals surface area contributed by atoms with E-state index in [1.807, 2.05) is 32.9 Å². The summed E-state index contributed by atoms with van der Waals surface area (Å²) in [6, 6.07) is 11.6. The van der Waals surface area contributed by atoms with Gasteiger partial charge in [-0.05, 0) is 43.7 Å². The number of nitrogens with one attached hydrogen (secondary N) is 2. The van der Waals surface area contributed by atoms with E-state index in [1.54, 1.807) is 43.0 Å². The number of nitrogens with zero attached hydrogens (tertiary/aromatic N) is 2. The maximum absolute atomic E-state index is 12.9. The summed E-state index contributed by atoms with van der Waals surface area (Å²) in [5.74, 6) is -0.445. The zero-order valence-electron chi connectivity index (χ0n) is 17.0. The molecule has 0 aliphatic rings. The number of aryl methyl sites for hydroxylation is 2. The Morgan fingerprint density at radius 1 is 1.07 bits per heavy atom. The van der Waals surface area contributed by atoms with Gasteiger partial charge in [-0.3, -0.25) is 14.8 Å². The fourth-order valence-corrected chi connectivity index (χ4v) is 5.84. The maximum Gasteiger partial charge on any atom is 0.262 e. The van der Waals surface area contributed by atoms with E-state index in [-0.39, 0.29) is 10.5 Å². The first-order chi connectivity index (χ1) is 14.1. The molecule has 0 saturated heterocycles. The third-order valence-electron chi connectivity index (χ3n) is 4.01. The van der Waals surface area contributed by atoms with Crippen LogP contribution in [0, 0.1) is 13.8 Å². The summed E-state index contributed by atoms with van der Waals surface area (Å²) in [6.45, 7) is 7.70. The second-order valence-corrected chi connectivity index (χ2v) is 11.4. The third kappa shape index (κ3) is 5.59. The summed E-state index contributed by atoms with van der Waals surface area (Å²) in [7, 11) is -3.85. The Balaban J connectivity index is 1.80. The van der Waals surface area contributed by atoms with Crippen LogP contribution in [-0.4, -0.2) is 29.8 Å². The van der Waals surface area contributed by atoms with E-state index >= 15 is 0 Å². The maximum atomic E-state index is 12.9. The molecule has 0 aliphatic heterocycles. The molecule has 0 radical (unpaired) electrons.